The maximum Gasteiger partial charge on any atom is 0.345 e. The number of hydrogen-bond donors (Lipinski definition) is 1. The van der Waals surface area contributed by atoms with Crippen LogP contribution in [0.5, 0.6) is 0 Å². The number of fused-ring (bicyclic) bond motifs is 1. The van der Waals surface area contributed by atoms with Crippen LogP contribution in [0.1, 0.15) is 12.0 Å². The SMILES string of the molecule is O=c1nccc(-c2ccc3c(c2)CCCS3)[nH]1. The molecule has 0 saturated carbocycles. The van der Waals surface area contributed by atoms with Crippen LogP contribution in [0.3, 0.4) is 0 Å². The summed E-state index contributed by atoms with van der Waals surface area (Å²) < 4.78 is 0. The zero-order chi connectivity index (χ0) is 11.7. The van der Waals surface area contributed by atoms with Gasteiger partial charge in [-0.2, -0.15) is 0 Å². The molecule has 2 heterocycles. The lowest BCUT2D eigenvalue weighted by atomic mass is 10.0. The van der Waals surface area contributed by atoms with Crippen LogP contribution in [0, 0.1) is 0 Å². The second kappa shape index (κ2) is 4.37. The third kappa shape index (κ3) is 2.13. The first kappa shape index (κ1) is 10.6. The highest BCUT2D eigenvalue weighted by molar-refractivity contribution is 7.99. The standard InChI is InChI=1S/C13H12N2OS/c16-13-14-6-5-11(15-13)9-3-4-12-10(8-9)2-1-7-17-12/h3-6,8H,1-2,7H2,(H,14,15,16). The molecule has 1 aliphatic heterocycles. The molecule has 4 heteroatoms. The van der Waals surface area contributed by atoms with E-state index in [2.05, 4.69) is 28.2 Å². The minimum atomic E-state index is -0.297. The maximum absolute atomic E-state index is 11.2. The molecular formula is C13H12N2OS. The van der Waals surface area contributed by atoms with E-state index in [1.54, 1.807) is 6.20 Å². The topological polar surface area (TPSA) is 45.8 Å². The van der Waals surface area contributed by atoms with Crippen LogP contribution in [-0.2, 0) is 6.42 Å². The van der Waals surface area contributed by atoms with E-state index in [1.165, 1.54) is 22.6 Å². The molecule has 0 radical (unpaired) electrons. The third-order valence-electron chi connectivity index (χ3n) is 2.89. The number of benzene rings is 1. The van der Waals surface area contributed by atoms with E-state index in [1.807, 2.05) is 17.8 Å². The summed E-state index contributed by atoms with van der Waals surface area (Å²) in [5.74, 6) is 1.21. The number of H-pyrrole nitrogens is 1. The van der Waals surface area contributed by atoms with Crippen molar-refractivity contribution in [3.63, 3.8) is 0 Å². The van der Waals surface area contributed by atoms with Gasteiger partial charge in [0.25, 0.3) is 0 Å². The van der Waals surface area contributed by atoms with Gasteiger partial charge in [0.1, 0.15) is 0 Å². The normalized spacial score (nSPS) is 14.4. The van der Waals surface area contributed by atoms with Crippen molar-refractivity contribution < 1.29 is 0 Å². The zero-order valence-electron chi connectivity index (χ0n) is 9.27. The molecule has 17 heavy (non-hydrogen) atoms. The van der Waals surface area contributed by atoms with Crippen molar-refractivity contribution in [1.29, 1.82) is 0 Å². The van der Waals surface area contributed by atoms with Gasteiger partial charge >= 0.3 is 5.69 Å². The highest BCUT2D eigenvalue weighted by Gasteiger charge is 2.10. The van der Waals surface area contributed by atoms with Gasteiger partial charge in [-0.05, 0) is 47.9 Å². The minimum absolute atomic E-state index is 0.297. The number of aryl methyl sites for hydroxylation is 1. The molecule has 0 fully saturated rings. The monoisotopic (exact) mass is 244 g/mol. The summed E-state index contributed by atoms with van der Waals surface area (Å²) in [6, 6.07) is 8.21. The molecule has 3 rings (SSSR count). The molecule has 2 aromatic rings. The van der Waals surface area contributed by atoms with Gasteiger partial charge in [-0.3, -0.25) is 0 Å². The third-order valence-corrected chi connectivity index (χ3v) is 4.10. The van der Waals surface area contributed by atoms with Crippen molar-refractivity contribution in [2.24, 2.45) is 0 Å². The number of nitrogens with zero attached hydrogens (tertiary/aromatic N) is 1. The summed E-state index contributed by atoms with van der Waals surface area (Å²) in [5, 5.41) is 0. The Kier molecular flexibility index (Phi) is 2.73. The Balaban J connectivity index is 2.07. The lowest BCUT2D eigenvalue weighted by molar-refractivity contribution is 0.890. The molecule has 1 N–H and O–H groups in total. The number of aromatic nitrogens is 2. The number of thioether (sulfide) groups is 1. The highest BCUT2D eigenvalue weighted by Crippen LogP contribution is 2.32. The summed E-state index contributed by atoms with van der Waals surface area (Å²) in [5.41, 5.74) is 2.99. The average Bonchev–Trinajstić information content (AvgIpc) is 2.38. The van der Waals surface area contributed by atoms with Crippen LogP contribution >= 0.6 is 11.8 Å². The number of hydrogen-bond acceptors (Lipinski definition) is 3. The molecular weight excluding hydrogens is 232 g/mol. The Morgan fingerprint density at radius 2 is 2.24 bits per heavy atom. The van der Waals surface area contributed by atoms with Crippen LogP contribution in [0.2, 0.25) is 0 Å². The fraction of sp³-hybridized carbons (Fsp3) is 0.231. The molecule has 0 atom stereocenters. The van der Waals surface area contributed by atoms with Gasteiger partial charge in [-0.25, -0.2) is 9.78 Å². The Labute approximate surface area is 103 Å². The quantitative estimate of drug-likeness (QED) is 0.838. The fourth-order valence-electron chi connectivity index (χ4n) is 2.06. The first-order valence-electron chi connectivity index (χ1n) is 5.64. The second-order valence-electron chi connectivity index (χ2n) is 4.06. The van der Waals surface area contributed by atoms with Crippen molar-refractivity contribution in [1.82, 2.24) is 9.97 Å². The van der Waals surface area contributed by atoms with Crippen molar-refractivity contribution in [2.75, 3.05) is 5.75 Å². The van der Waals surface area contributed by atoms with Gasteiger partial charge in [-0.15, -0.1) is 11.8 Å². The smallest absolute Gasteiger partial charge is 0.305 e. The van der Waals surface area contributed by atoms with Gasteiger partial charge < -0.3 is 4.98 Å². The second-order valence-corrected chi connectivity index (χ2v) is 5.20. The summed E-state index contributed by atoms with van der Waals surface area (Å²) in [4.78, 5) is 18.9. The lowest BCUT2D eigenvalue weighted by Crippen LogP contribution is -2.09. The fourth-order valence-corrected chi connectivity index (χ4v) is 3.08. The average molecular weight is 244 g/mol. The Hall–Kier alpha value is -1.55. The van der Waals surface area contributed by atoms with E-state index in [0.717, 1.165) is 17.7 Å². The lowest BCUT2D eigenvalue weighted by Gasteiger charge is -2.15. The highest BCUT2D eigenvalue weighted by atomic mass is 32.2. The van der Waals surface area contributed by atoms with Crippen molar-refractivity contribution >= 4 is 11.8 Å². The largest absolute Gasteiger partial charge is 0.345 e. The van der Waals surface area contributed by atoms with Gasteiger partial charge in [0.05, 0.1) is 5.69 Å². The van der Waals surface area contributed by atoms with Gasteiger partial charge in [0, 0.05) is 11.1 Å². The predicted molar refractivity (Wildman–Crippen MR) is 69.3 cm³/mol. The number of nitrogens with one attached hydrogen (secondary N) is 1. The van der Waals surface area contributed by atoms with E-state index < -0.39 is 0 Å². The zero-order valence-corrected chi connectivity index (χ0v) is 10.1. The molecule has 0 unspecified atom stereocenters. The molecule has 3 nitrogen and oxygen atoms in total. The summed E-state index contributed by atoms with van der Waals surface area (Å²) in [6.45, 7) is 0. The van der Waals surface area contributed by atoms with Gasteiger partial charge in [0.2, 0.25) is 0 Å². The Morgan fingerprint density at radius 1 is 1.29 bits per heavy atom. The van der Waals surface area contributed by atoms with Gasteiger partial charge in [0.15, 0.2) is 0 Å². The van der Waals surface area contributed by atoms with Crippen LogP contribution < -0.4 is 5.69 Å². The molecule has 0 spiro atoms. The van der Waals surface area contributed by atoms with Crippen LogP contribution in [0.15, 0.2) is 40.2 Å². The van der Waals surface area contributed by atoms with E-state index in [4.69, 9.17) is 0 Å². The number of aromatic amines is 1. The van der Waals surface area contributed by atoms with Crippen LogP contribution in [-0.4, -0.2) is 15.7 Å². The van der Waals surface area contributed by atoms with Crippen LogP contribution in [0.25, 0.3) is 11.3 Å². The first-order valence-corrected chi connectivity index (χ1v) is 6.63. The van der Waals surface area contributed by atoms with Crippen molar-refractivity contribution in [2.45, 2.75) is 17.7 Å². The predicted octanol–water partition coefficient (Wildman–Crippen LogP) is 2.48. The molecule has 1 aromatic heterocycles. The Morgan fingerprint density at radius 3 is 3.12 bits per heavy atom. The molecule has 1 aliphatic rings. The summed E-state index contributed by atoms with van der Waals surface area (Å²) >= 11 is 1.91. The molecule has 0 aliphatic carbocycles. The molecule has 1 aromatic carbocycles. The molecule has 0 amide bonds. The minimum Gasteiger partial charge on any atom is -0.305 e. The number of rotatable bonds is 1. The molecule has 0 saturated heterocycles. The van der Waals surface area contributed by atoms with E-state index in [9.17, 15) is 4.79 Å². The first-order chi connectivity index (χ1) is 8.33. The summed E-state index contributed by atoms with van der Waals surface area (Å²) in [6.07, 6.45) is 3.90. The summed E-state index contributed by atoms with van der Waals surface area (Å²) in [7, 11) is 0. The Bertz CT molecular complexity index is 606. The van der Waals surface area contributed by atoms with Crippen molar-refractivity contribution in [3.05, 3.63) is 46.5 Å². The maximum atomic E-state index is 11.2. The van der Waals surface area contributed by atoms with E-state index in [-0.39, 0.29) is 5.69 Å². The molecule has 86 valence electrons. The molecule has 0 bridgehead atoms. The van der Waals surface area contributed by atoms with Crippen molar-refractivity contribution in [3.8, 4) is 11.3 Å². The van der Waals surface area contributed by atoms with E-state index >= 15 is 0 Å². The van der Waals surface area contributed by atoms with Gasteiger partial charge in [-0.1, -0.05) is 6.07 Å². The van der Waals surface area contributed by atoms with E-state index in [0.29, 0.717) is 0 Å². The van der Waals surface area contributed by atoms with Crippen LogP contribution in [0.4, 0.5) is 0 Å².